The van der Waals surface area contributed by atoms with Crippen LogP contribution in [0.5, 0.6) is 11.5 Å². The fourth-order valence-corrected chi connectivity index (χ4v) is 1.99. The van der Waals surface area contributed by atoms with Crippen molar-refractivity contribution in [3.8, 4) is 11.5 Å². The molecule has 0 saturated heterocycles. The molecule has 0 aliphatic heterocycles. The number of nitrogens with zero attached hydrogens (tertiary/aromatic N) is 1. The lowest BCUT2D eigenvalue weighted by molar-refractivity contribution is 0.0954. The van der Waals surface area contributed by atoms with E-state index in [-0.39, 0.29) is 5.91 Å². The van der Waals surface area contributed by atoms with Crippen molar-refractivity contribution in [1.29, 1.82) is 0 Å². The van der Waals surface area contributed by atoms with E-state index in [0.29, 0.717) is 23.6 Å². The molecule has 0 saturated carbocycles. The van der Waals surface area contributed by atoms with Gasteiger partial charge in [-0.2, -0.15) is 5.10 Å². The van der Waals surface area contributed by atoms with Crippen molar-refractivity contribution in [2.45, 2.75) is 13.8 Å². The number of hydrazone groups is 1. The molecule has 120 valence electrons. The average Bonchev–Trinajstić information content (AvgIpc) is 2.60. The number of rotatable bonds is 6. The number of methoxy groups -OCH3 is 1. The minimum Gasteiger partial charge on any atom is -0.497 e. The van der Waals surface area contributed by atoms with E-state index in [9.17, 15) is 4.79 Å². The number of benzene rings is 2. The molecule has 0 unspecified atom stereocenters. The van der Waals surface area contributed by atoms with Crippen LogP contribution in [0.2, 0.25) is 0 Å². The second-order valence-electron chi connectivity index (χ2n) is 4.83. The highest BCUT2D eigenvalue weighted by Gasteiger charge is 2.06. The number of hydrogen-bond donors (Lipinski definition) is 1. The Labute approximate surface area is 135 Å². The fraction of sp³-hybridized carbons (Fsp3) is 0.222. The Morgan fingerprint density at radius 1 is 1.09 bits per heavy atom. The molecule has 0 aliphatic rings. The molecule has 2 aromatic rings. The maximum absolute atomic E-state index is 12.1. The van der Waals surface area contributed by atoms with Crippen LogP contribution in [0, 0.1) is 0 Å². The van der Waals surface area contributed by atoms with Crippen LogP contribution >= 0.6 is 0 Å². The first-order chi connectivity index (χ1) is 11.1. The van der Waals surface area contributed by atoms with Gasteiger partial charge in [0.2, 0.25) is 0 Å². The minimum atomic E-state index is -0.283. The van der Waals surface area contributed by atoms with Gasteiger partial charge in [0.25, 0.3) is 5.91 Å². The number of amides is 1. The lowest BCUT2D eigenvalue weighted by Crippen LogP contribution is -2.19. The number of hydrogen-bond acceptors (Lipinski definition) is 4. The van der Waals surface area contributed by atoms with E-state index in [1.807, 2.05) is 38.1 Å². The Kier molecular flexibility index (Phi) is 5.74. The Balaban J connectivity index is 2.04. The van der Waals surface area contributed by atoms with Gasteiger partial charge in [-0.3, -0.25) is 4.79 Å². The lowest BCUT2D eigenvalue weighted by atomic mass is 10.1. The minimum absolute atomic E-state index is 0.283. The number of carbonyl (C=O) groups excluding carboxylic acids is 1. The van der Waals surface area contributed by atoms with Gasteiger partial charge in [-0.25, -0.2) is 5.43 Å². The van der Waals surface area contributed by atoms with Crippen LogP contribution in [0.4, 0.5) is 0 Å². The van der Waals surface area contributed by atoms with Crippen LogP contribution in [-0.2, 0) is 0 Å². The average molecular weight is 312 g/mol. The molecule has 0 aliphatic carbocycles. The first kappa shape index (κ1) is 16.5. The van der Waals surface area contributed by atoms with Gasteiger partial charge in [-0.1, -0.05) is 6.07 Å². The summed E-state index contributed by atoms with van der Waals surface area (Å²) in [5, 5.41) is 4.14. The van der Waals surface area contributed by atoms with Crippen molar-refractivity contribution >= 4 is 11.6 Å². The summed E-state index contributed by atoms with van der Waals surface area (Å²) in [7, 11) is 1.56. The Morgan fingerprint density at radius 3 is 2.48 bits per heavy atom. The van der Waals surface area contributed by atoms with Crippen molar-refractivity contribution < 1.29 is 14.3 Å². The highest BCUT2D eigenvalue weighted by Crippen LogP contribution is 2.14. The molecule has 23 heavy (non-hydrogen) atoms. The first-order valence-corrected chi connectivity index (χ1v) is 7.36. The Morgan fingerprint density at radius 2 is 1.83 bits per heavy atom. The molecule has 1 N–H and O–H groups in total. The van der Waals surface area contributed by atoms with E-state index in [1.54, 1.807) is 31.4 Å². The topological polar surface area (TPSA) is 59.9 Å². The summed E-state index contributed by atoms with van der Waals surface area (Å²) in [5.74, 6) is 1.16. The van der Waals surface area contributed by atoms with E-state index in [2.05, 4.69) is 10.5 Å². The molecule has 0 fully saturated rings. The van der Waals surface area contributed by atoms with Crippen LogP contribution < -0.4 is 14.9 Å². The molecule has 2 aromatic carbocycles. The smallest absolute Gasteiger partial charge is 0.271 e. The van der Waals surface area contributed by atoms with Gasteiger partial charge in [0.05, 0.1) is 19.4 Å². The van der Waals surface area contributed by atoms with E-state index >= 15 is 0 Å². The lowest BCUT2D eigenvalue weighted by Gasteiger charge is -2.06. The van der Waals surface area contributed by atoms with Crippen LogP contribution in [0.25, 0.3) is 0 Å². The van der Waals surface area contributed by atoms with Crippen molar-refractivity contribution in [3.63, 3.8) is 0 Å². The normalized spacial score (nSPS) is 11.0. The molecule has 0 atom stereocenters. The monoisotopic (exact) mass is 312 g/mol. The number of carbonyl (C=O) groups is 1. The zero-order valence-corrected chi connectivity index (χ0v) is 13.5. The van der Waals surface area contributed by atoms with Gasteiger partial charge in [-0.15, -0.1) is 0 Å². The molecule has 1 amide bonds. The molecule has 0 heterocycles. The Hall–Kier alpha value is -2.82. The third-order valence-electron chi connectivity index (χ3n) is 3.24. The van der Waals surface area contributed by atoms with Crippen LogP contribution in [0.1, 0.15) is 29.8 Å². The predicted octanol–water partition coefficient (Wildman–Crippen LogP) is 3.25. The number of nitrogens with one attached hydrogen (secondary N) is 1. The zero-order chi connectivity index (χ0) is 16.7. The Bertz CT molecular complexity index is 694. The van der Waals surface area contributed by atoms with Crippen molar-refractivity contribution in [2.24, 2.45) is 5.10 Å². The molecule has 2 rings (SSSR count). The van der Waals surface area contributed by atoms with Crippen LogP contribution in [0.3, 0.4) is 0 Å². The van der Waals surface area contributed by atoms with E-state index in [0.717, 1.165) is 11.3 Å². The van der Waals surface area contributed by atoms with Crippen molar-refractivity contribution in [1.82, 2.24) is 5.43 Å². The van der Waals surface area contributed by atoms with E-state index in [4.69, 9.17) is 9.47 Å². The van der Waals surface area contributed by atoms with Gasteiger partial charge >= 0.3 is 0 Å². The van der Waals surface area contributed by atoms with Gasteiger partial charge in [0.15, 0.2) is 0 Å². The van der Waals surface area contributed by atoms with E-state index < -0.39 is 0 Å². The molecule has 0 radical (unpaired) electrons. The molecule has 5 nitrogen and oxygen atoms in total. The maximum atomic E-state index is 12.1. The quantitative estimate of drug-likeness (QED) is 0.658. The molecule has 0 spiro atoms. The van der Waals surface area contributed by atoms with Crippen LogP contribution in [0.15, 0.2) is 53.6 Å². The third kappa shape index (κ3) is 4.57. The van der Waals surface area contributed by atoms with Gasteiger partial charge in [0, 0.05) is 5.56 Å². The SMILES string of the molecule is CCOc1ccc(/C(C)=N\NC(=O)c2cccc(OC)c2)cc1. The highest BCUT2D eigenvalue weighted by molar-refractivity contribution is 6.01. The zero-order valence-electron chi connectivity index (χ0n) is 13.5. The van der Waals surface area contributed by atoms with Gasteiger partial charge in [-0.05, 0) is 61.9 Å². The van der Waals surface area contributed by atoms with Crippen molar-refractivity contribution in [2.75, 3.05) is 13.7 Å². The summed E-state index contributed by atoms with van der Waals surface area (Å²) in [6.07, 6.45) is 0. The maximum Gasteiger partial charge on any atom is 0.271 e. The summed E-state index contributed by atoms with van der Waals surface area (Å²) < 4.78 is 10.5. The first-order valence-electron chi connectivity index (χ1n) is 7.36. The second-order valence-corrected chi connectivity index (χ2v) is 4.83. The second kappa shape index (κ2) is 7.98. The highest BCUT2D eigenvalue weighted by atomic mass is 16.5. The largest absolute Gasteiger partial charge is 0.497 e. The molecule has 5 heteroatoms. The molecular weight excluding hydrogens is 292 g/mol. The third-order valence-corrected chi connectivity index (χ3v) is 3.24. The van der Waals surface area contributed by atoms with Crippen molar-refractivity contribution in [3.05, 3.63) is 59.7 Å². The standard InChI is InChI=1S/C18H20N2O3/c1-4-23-16-10-8-14(9-11-16)13(2)19-20-18(21)15-6-5-7-17(12-15)22-3/h5-12H,4H2,1-3H3,(H,20,21)/b19-13-. The summed E-state index contributed by atoms with van der Waals surface area (Å²) >= 11 is 0. The molecular formula is C18H20N2O3. The summed E-state index contributed by atoms with van der Waals surface area (Å²) in [6.45, 7) is 4.40. The molecule has 0 bridgehead atoms. The van der Waals surface area contributed by atoms with Crippen LogP contribution in [-0.4, -0.2) is 25.3 Å². The summed E-state index contributed by atoms with van der Waals surface area (Å²) in [4.78, 5) is 12.1. The van der Waals surface area contributed by atoms with E-state index in [1.165, 1.54) is 0 Å². The number of ether oxygens (including phenoxy) is 2. The summed E-state index contributed by atoms with van der Waals surface area (Å²) in [6, 6.07) is 14.5. The molecule has 0 aromatic heterocycles. The summed E-state index contributed by atoms with van der Waals surface area (Å²) in [5.41, 5.74) is 4.67. The fourth-order valence-electron chi connectivity index (χ4n) is 1.99. The predicted molar refractivity (Wildman–Crippen MR) is 90.3 cm³/mol. The van der Waals surface area contributed by atoms with Gasteiger partial charge in [0.1, 0.15) is 11.5 Å². The van der Waals surface area contributed by atoms with Gasteiger partial charge < -0.3 is 9.47 Å².